The van der Waals surface area contributed by atoms with Crippen LogP contribution in [-0.2, 0) is 11.2 Å². The Morgan fingerprint density at radius 3 is 2.62 bits per heavy atom. The van der Waals surface area contributed by atoms with Gasteiger partial charge in [0.2, 0.25) is 5.91 Å². The number of nitrogens with one attached hydrogen (secondary N) is 1. The Bertz CT molecular complexity index is 876. The molecule has 0 saturated carbocycles. The Balaban J connectivity index is 1.59. The highest BCUT2D eigenvalue weighted by molar-refractivity contribution is 7.18. The van der Waals surface area contributed by atoms with Crippen molar-refractivity contribution in [2.45, 2.75) is 19.0 Å². The molecule has 1 heterocycles. The maximum Gasteiger partial charge on any atom is 0.422 e. The van der Waals surface area contributed by atoms with Crippen LogP contribution in [0.1, 0.15) is 11.4 Å². The van der Waals surface area contributed by atoms with E-state index < -0.39 is 12.8 Å². The summed E-state index contributed by atoms with van der Waals surface area (Å²) in [6.07, 6.45) is -3.81. The van der Waals surface area contributed by atoms with Gasteiger partial charge in [0.25, 0.3) is 0 Å². The van der Waals surface area contributed by atoms with Gasteiger partial charge >= 0.3 is 6.18 Å². The number of hydrogen-bond donors (Lipinski definition) is 1. The van der Waals surface area contributed by atoms with Crippen molar-refractivity contribution in [3.05, 3.63) is 53.5 Å². The van der Waals surface area contributed by atoms with Crippen molar-refractivity contribution in [2.75, 3.05) is 11.9 Å². The first-order valence-electron chi connectivity index (χ1n) is 7.83. The Kier molecular flexibility index (Phi) is 5.41. The number of rotatable bonds is 6. The van der Waals surface area contributed by atoms with E-state index in [0.717, 1.165) is 15.2 Å². The second-order valence-corrected chi connectivity index (χ2v) is 6.64. The molecule has 4 nitrogen and oxygen atoms in total. The van der Waals surface area contributed by atoms with Gasteiger partial charge in [-0.25, -0.2) is 4.98 Å². The molecule has 1 N–H and O–H groups in total. The number of para-hydroxylation sites is 3. The van der Waals surface area contributed by atoms with Gasteiger partial charge in [0.05, 0.1) is 20.9 Å². The maximum absolute atomic E-state index is 12.3. The third-order valence-electron chi connectivity index (χ3n) is 3.46. The minimum atomic E-state index is -4.44. The van der Waals surface area contributed by atoms with Gasteiger partial charge in [-0.05, 0) is 24.3 Å². The van der Waals surface area contributed by atoms with Crippen LogP contribution in [0.2, 0.25) is 0 Å². The minimum Gasteiger partial charge on any atom is -0.482 e. The van der Waals surface area contributed by atoms with E-state index in [0.29, 0.717) is 6.42 Å². The number of anilines is 1. The summed E-state index contributed by atoms with van der Waals surface area (Å²) in [6.45, 7) is -1.41. The van der Waals surface area contributed by atoms with Gasteiger partial charge < -0.3 is 10.1 Å². The summed E-state index contributed by atoms with van der Waals surface area (Å²) in [4.78, 5) is 16.6. The number of fused-ring (bicyclic) bond motifs is 1. The fourth-order valence-electron chi connectivity index (χ4n) is 2.32. The molecule has 0 unspecified atom stereocenters. The summed E-state index contributed by atoms with van der Waals surface area (Å²) >= 11 is 1.52. The number of carbonyl (C=O) groups excluding carboxylic acids is 1. The highest BCUT2D eigenvalue weighted by atomic mass is 32.1. The van der Waals surface area contributed by atoms with Crippen molar-refractivity contribution in [2.24, 2.45) is 0 Å². The molecule has 0 atom stereocenters. The fraction of sp³-hybridized carbons (Fsp3) is 0.222. The number of aromatic nitrogens is 1. The van der Waals surface area contributed by atoms with Crippen molar-refractivity contribution >= 4 is 33.1 Å². The third-order valence-corrected chi connectivity index (χ3v) is 4.55. The standard InChI is InChI=1S/C18H15F3N2O2S/c19-18(20,21)11-25-14-7-3-1-5-12(14)22-16(24)9-10-17-23-13-6-2-4-8-15(13)26-17/h1-8H,9-11H2,(H,22,24). The summed E-state index contributed by atoms with van der Waals surface area (Å²) in [5, 5.41) is 3.43. The zero-order valence-corrected chi connectivity index (χ0v) is 14.4. The van der Waals surface area contributed by atoms with E-state index in [-0.39, 0.29) is 23.8 Å². The Morgan fingerprint density at radius 2 is 1.85 bits per heavy atom. The Labute approximate surface area is 151 Å². The monoisotopic (exact) mass is 380 g/mol. The molecule has 2 aromatic carbocycles. The van der Waals surface area contributed by atoms with Gasteiger partial charge in [-0.3, -0.25) is 4.79 Å². The van der Waals surface area contributed by atoms with Gasteiger partial charge in [-0.15, -0.1) is 11.3 Å². The highest BCUT2D eigenvalue weighted by Gasteiger charge is 2.28. The van der Waals surface area contributed by atoms with Crippen molar-refractivity contribution in [3.8, 4) is 5.75 Å². The lowest BCUT2D eigenvalue weighted by atomic mass is 10.2. The number of hydrogen-bond acceptors (Lipinski definition) is 4. The van der Waals surface area contributed by atoms with Crippen LogP contribution in [0.25, 0.3) is 10.2 Å². The molecule has 8 heteroatoms. The number of aryl methyl sites for hydroxylation is 1. The molecule has 3 aromatic rings. The van der Waals surface area contributed by atoms with E-state index in [1.165, 1.54) is 23.5 Å². The predicted molar refractivity (Wildman–Crippen MR) is 94.6 cm³/mol. The van der Waals surface area contributed by atoms with E-state index in [4.69, 9.17) is 4.74 Å². The van der Waals surface area contributed by atoms with E-state index in [1.807, 2.05) is 24.3 Å². The summed E-state index contributed by atoms with van der Waals surface area (Å²) in [5.74, 6) is -0.328. The second kappa shape index (κ2) is 7.74. The van der Waals surface area contributed by atoms with Crippen LogP contribution >= 0.6 is 11.3 Å². The quantitative estimate of drug-likeness (QED) is 0.668. The summed E-state index contributed by atoms with van der Waals surface area (Å²) < 4.78 is 42.7. The Hall–Kier alpha value is -2.61. The van der Waals surface area contributed by atoms with Crippen LogP contribution in [0.4, 0.5) is 18.9 Å². The van der Waals surface area contributed by atoms with Crippen LogP contribution in [0, 0.1) is 0 Å². The molecule has 26 heavy (non-hydrogen) atoms. The lowest BCUT2D eigenvalue weighted by Gasteiger charge is -2.13. The first kappa shape index (κ1) is 18.2. The number of carbonyl (C=O) groups is 1. The van der Waals surface area contributed by atoms with Gasteiger partial charge in [0.1, 0.15) is 5.75 Å². The van der Waals surface area contributed by atoms with Crippen molar-refractivity contribution < 1.29 is 22.7 Å². The van der Waals surface area contributed by atoms with E-state index >= 15 is 0 Å². The number of thiazole rings is 1. The topological polar surface area (TPSA) is 51.2 Å². The molecule has 0 bridgehead atoms. The summed E-state index contributed by atoms with van der Waals surface area (Å²) in [6, 6.07) is 13.7. The molecule has 0 aliphatic carbocycles. The molecule has 136 valence electrons. The second-order valence-electron chi connectivity index (χ2n) is 5.52. The van der Waals surface area contributed by atoms with Crippen LogP contribution < -0.4 is 10.1 Å². The molecular weight excluding hydrogens is 365 g/mol. The number of halogens is 3. The zero-order valence-electron chi connectivity index (χ0n) is 13.5. The number of nitrogens with zero attached hydrogens (tertiary/aromatic N) is 1. The molecule has 0 aliphatic rings. The Morgan fingerprint density at radius 1 is 1.12 bits per heavy atom. The molecule has 0 spiro atoms. The molecule has 1 aromatic heterocycles. The van der Waals surface area contributed by atoms with E-state index in [9.17, 15) is 18.0 Å². The normalized spacial score (nSPS) is 11.5. The molecule has 3 rings (SSSR count). The number of alkyl halides is 3. The van der Waals surface area contributed by atoms with E-state index in [2.05, 4.69) is 10.3 Å². The van der Waals surface area contributed by atoms with E-state index in [1.54, 1.807) is 12.1 Å². The van der Waals surface area contributed by atoms with Gasteiger partial charge in [-0.2, -0.15) is 13.2 Å². The van der Waals surface area contributed by atoms with Crippen LogP contribution in [0.5, 0.6) is 5.75 Å². The molecule has 0 radical (unpaired) electrons. The van der Waals surface area contributed by atoms with Crippen molar-refractivity contribution in [1.82, 2.24) is 4.98 Å². The SMILES string of the molecule is O=C(CCc1nc2ccccc2s1)Nc1ccccc1OCC(F)(F)F. The molecule has 0 aliphatic heterocycles. The lowest BCUT2D eigenvalue weighted by molar-refractivity contribution is -0.153. The number of amides is 1. The van der Waals surface area contributed by atoms with Gasteiger partial charge in [0.15, 0.2) is 6.61 Å². The fourth-order valence-corrected chi connectivity index (χ4v) is 3.28. The zero-order chi connectivity index (χ0) is 18.6. The predicted octanol–water partition coefficient (Wildman–Crippen LogP) is 4.81. The average molecular weight is 380 g/mol. The summed E-state index contributed by atoms with van der Waals surface area (Å²) in [5.41, 5.74) is 1.10. The molecule has 1 amide bonds. The maximum atomic E-state index is 12.3. The summed E-state index contributed by atoms with van der Waals surface area (Å²) in [7, 11) is 0. The lowest BCUT2D eigenvalue weighted by Crippen LogP contribution is -2.20. The van der Waals surface area contributed by atoms with Crippen molar-refractivity contribution in [3.63, 3.8) is 0 Å². The molecule has 0 fully saturated rings. The van der Waals surface area contributed by atoms with Crippen LogP contribution in [0.15, 0.2) is 48.5 Å². The van der Waals surface area contributed by atoms with Gasteiger partial charge in [-0.1, -0.05) is 24.3 Å². The third kappa shape index (κ3) is 4.95. The first-order chi connectivity index (χ1) is 12.4. The van der Waals surface area contributed by atoms with Gasteiger partial charge in [0, 0.05) is 12.8 Å². The van der Waals surface area contributed by atoms with Crippen LogP contribution in [0.3, 0.4) is 0 Å². The number of ether oxygens (including phenoxy) is 1. The smallest absolute Gasteiger partial charge is 0.422 e. The minimum absolute atomic E-state index is 0.0156. The largest absolute Gasteiger partial charge is 0.482 e. The van der Waals surface area contributed by atoms with Crippen LogP contribution in [-0.4, -0.2) is 23.7 Å². The average Bonchev–Trinajstić information content (AvgIpc) is 3.01. The molecular formula is C18H15F3N2O2S. The highest BCUT2D eigenvalue weighted by Crippen LogP contribution is 2.27. The first-order valence-corrected chi connectivity index (χ1v) is 8.65. The number of benzene rings is 2. The van der Waals surface area contributed by atoms with Crippen molar-refractivity contribution in [1.29, 1.82) is 0 Å². The molecule has 0 saturated heterocycles.